The van der Waals surface area contributed by atoms with Gasteiger partial charge in [-0.25, -0.2) is 0 Å². The number of hydrogen-bond donors (Lipinski definition) is 1. The topological polar surface area (TPSA) is 48.3 Å². The summed E-state index contributed by atoms with van der Waals surface area (Å²) in [6.45, 7) is 8.30. The van der Waals surface area contributed by atoms with E-state index in [1.807, 2.05) is 19.9 Å². The Bertz CT molecular complexity index is 727. The predicted molar refractivity (Wildman–Crippen MR) is 89.7 cm³/mol. The SMILES string of the molecule is CCOc1c(C#N)c(C)c2ccccc2c1N1CCNCC1. The maximum Gasteiger partial charge on any atom is 0.161 e. The number of anilines is 1. The molecule has 1 fully saturated rings. The van der Waals surface area contributed by atoms with Gasteiger partial charge >= 0.3 is 0 Å². The quantitative estimate of drug-likeness (QED) is 0.946. The average Bonchev–Trinajstić information content (AvgIpc) is 2.57. The summed E-state index contributed by atoms with van der Waals surface area (Å²) in [6.07, 6.45) is 0. The first-order chi connectivity index (χ1) is 10.8. The number of rotatable bonds is 3. The highest BCUT2D eigenvalue weighted by molar-refractivity contribution is 6.01. The van der Waals surface area contributed by atoms with Gasteiger partial charge in [-0.2, -0.15) is 5.26 Å². The number of nitrogens with one attached hydrogen (secondary N) is 1. The third-order valence-electron chi connectivity index (χ3n) is 4.24. The molecule has 22 heavy (non-hydrogen) atoms. The first-order valence-corrected chi connectivity index (χ1v) is 7.81. The van der Waals surface area contributed by atoms with Gasteiger partial charge in [-0.05, 0) is 24.8 Å². The van der Waals surface area contributed by atoms with Crippen molar-refractivity contribution in [3.8, 4) is 11.8 Å². The zero-order valence-electron chi connectivity index (χ0n) is 13.1. The highest BCUT2D eigenvalue weighted by Gasteiger charge is 2.23. The maximum atomic E-state index is 9.65. The molecule has 0 saturated carbocycles. The van der Waals surface area contributed by atoms with Crippen LogP contribution in [0.2, 0.25) is 0 Å². The molecule has 0 aliphatic carbocycles. The molecule has 114 valence electrons. The molecule has 4 heteroatoms. The maximum absolute atomic E-state index is 9.65. The van der Waals surface area contributed by atoms with Crippen LogP contribution in [0, 0.1) is 18.3 Å². The molecule has 0 spiro atoms. The number of aryl methyl sites for hydroxylation is 1. The molecule has 4 nitrogen and oxygen atoms in total. The first-order valence-electron chi connectivity index (χ1n) is 7.81. The minimum absolute atomic E-state index is 0.561. The number of benzene rings is 2. The molecule has 2 aromatic rings. The molecule has 1 N–H and O–H groups in total. The van der Waals surface area contributed by atoms with E-state index < -0.39 is 0 Å². The lowest BCUT2D eigenvalue weighted by molar-refractivity contribution is 0.339. The Labute approximate surface area is 131 Å². The Kier molecular flexibility index (Phi) is 4.17. The summed E-state index contributed by atoms with van der Waals surface area (Å²) in [4.78, 5) is 2.34. The van der Waals surface area contributed by atoms with E-state index in [4.69, 9.17) is 4.74 Å². The van der Waals surface area contributed by atoms with Gasteiger partial charge in [0.25, 0.3) is 0 Å². The van der Waals surface area contributed by atoms with E-state index >= 15 is 0 Å². The second-order valence-electron chi connectivity index (χ2n) is 5.51. The fraction of sp³-hybridized carbons (Fsp3) is 0.389. The van der Waals surface area contributed by atoms with Crippen LogP contribution < -0.4 is 15.0 Å². The second kappa shape index (κ2) is 6.25. The Balaban J connectivity index is 2.32. The first kappa shape index (κ1) is 14.7. The van der Waals surface area contributed by atoms with E-state index in [0.29, 0.717) is 12.2 Å². The highest BCUT2D eigenvalue weighted by Crippen LogP contribution is 2.42. The number of piperazine rings is 1. The summed E-state index contributed by atoms with van der Waals surface area (Å²) in [5.41, 5.74) is 2.73. The van der Waals surface area contributed by atoms with E-state index in [9.17, 15) is 5.26 Å². The molecule has 0 unspecified atom stereocenters. The minimum Gasteiger partial charge on any atom is -0.490 e. The Morgan fingerprint density at radius 1 is 1.23 bits per heavy atom. The van der Waals surface area contributed by atoms with Gasteiger partial charge in [0.15, 0.2) is 5.75 Å². The van der Waals surface area contributed by atoms with Crippen LogP contribution in [0.25, 0.3) is 10.8 Å². The number of nitriles is 1. The van der Waals surface area contributed by atoms with Crippen LogP contribution in [-0.4, -0.2) is 32.8 Å². The van der Waals surface area contributed by atoms with Crippen molar-refractivity contribution < 1.29 is 4.74 Å². The Hall–Kier alpha value is -2.25. The van der Waals surface area contributed by atoms with Crippen LogP contribution in [0.1, 0.15) is 18.1 Å². The standard InChI is InChI=1S/C18H21N3O/c1-3-22-18-16(12-19)13(2)14-6-4-5-7-15(14)17(18)21-10-8-20-9-11-21/h4-7,20H,3,8-11H2,1-2H3. The number of hydrogen-bond acceptors (Lipinski definition) is 4. The van der Waals surface area contributed by atoms with Crippen molar-refractivity contribution in [1.82, 2.24) is 5.32 Å². The van der Waals surface area contributed by atoms with E-state index in [1.54, 1.807) is 0 Å². The molecular formula is C18H21N3O. The van der Waals surface area contributed by atoms with Crippen molar-refractivity contribution in [3.63, 3.8) is 0 Å². The molecular weight excluding hydrogens is 274 g/mol. The summed E-state index contributed by atoms with van der Waals surface area (Å²) < 4.78 is 5.92. The number of fused-ring (bicyclic) bond motifs is 1. The van der Waals surface area contributed by atoms with Gasteiger partial charge in [-0.1, -0.05) is 24.3 Å². The molecule has 1 aliphatic rings. The zero-order chi connectivity index (χ0) is 15.5. The molecule has 2 aromatic carbocycles. The van der Waals surface area contributed by atoms with Crippen molar-refractivity contribution in [2.24, 2.45) is 0 Å². The van der Waals surface area contributed by atoms with Crippen LogP contribution in [-0.2, 0) is 0 Å². The lowest BCUT2D eigenvalue weighted by Gasteiger charge is -2.32. The Morgan fingerprint density at radius 2 is 1.91 bits per heavy atom. The number of ether oxygens (including phenoxy) is 1. The van der Waals surface area contributed by atoms with Gasteiger partial charge in [0, 0.05) is 31.6 Å². The van der Waals surface area contributed by atoms with E-state index in [1.165, 1.54) is 5.39 Å². The normalized spacial score (nSPS) is 14.9. The summed E-state index contributed by atoms with van der Waals surface area (Å²) in [7, 11) is 0. The van der Waals surface area contributed by atoms with E-state index in [2.05, 4.69) is 34.5 Å². The molecule has 1 heterocycles. The van der Waals surface area contributed by atoms with Crippen LogP contribution >= 0.6 is 0 Å². The molecule has 0 radical (unpaired) electrons. The molecule has 0 bridgehead atoms. The minimum atomic E-state index is 0.561. The smallest absolute Gasteiger partial charge is 0.161 e. The van der Waals surface area contributed by atoms with Gasteiger partial charge in [0.05, 0.1) is 17.9 Å². The van der Waals surface area contributed by atoms with E-state index in [-0.39, 0.29) is 0 Å². The van der Waals surface area contributed by atoms with Gasteiger partial charge < -0.3 is 15.0 Å². The summed E-state index contributed by atoms with van der Waals surface area (Å²) in [6, 6.07) is 10.6. The second-order valence-corrected chi connectivity index (χ2v) is 5.51. The van der Waals surface area contributed by atoms with Crippen molar-refractivity contribution in [2.45, 2.75) is 13.8 Å². The Morgan fingerprint density at radius 3 is 2.55 bits per heavy atom. The van der Waals surface area contributed by atoms with Crippen molar-refractivity contribution >= 4 is 16.5 Å². The van der Waals surface area contributed by atoms with Crippen LogP contribution in [0.4, 0.5) is 5.69 Å². The largest absolute Gasteiger partial charge is 0.490 e. The lowest BCUT2D eigenvalue weighted by Crippen LogP contribution is -2.43. The fourth-order valence-electron chi connectivity index (χ4n) is 3.18. The third-order valence-corrected chi connectivity index (χ3v) is 4.24. The average molecular weight is 295 g/mol. The monoisotopic (exact) mass is 295 g/mol. The number of nitrogens with zero attached hydrogens (tertiary/aromatic N) is 2. The molecule has 1 aliphatic heterocycles. The summed E-state index contributed by atoms with van der Waals surface area (Å²) >= 11 is 0. The third kappa shape index (κ3) is 2.38. The van der Waals surface area contributed by atoms with Crippen molar-refractivity contribution in [3.05, 3.63) is 35.4 Å². The molecule has 0 amide bonds. The van der Waals surface area contributed by atoms with Crippen LogP contribution in [0.5, 0.6) is 5.75 Å². The van der Waals surface area contributed by atoms with Gasteiger partial charge in [0.1, 0.15) is 6.07 Å². The summed E-state index contributed by atoms with van der Waals surface area (Å²) in [5, 5.41) is 15.3. The van der Waals surface area contributed by atoms with Crippen LogP contribution in [0.3, 0.4) is 0 Å². The predicted octanol–water partition coefficient (Wildman–Crippen LogP) is 2.83. The van der Waals surface area contributed by atoms with Gasteiger partial charge in [0.2, 0.25) is 0 Å². The molecule has 0 atom stereocenters. The highest BCUT2D eigenvalue weighted by atomic mass is 16.5. The molecule has 0 aromatic heterocycles. The van der Waals surface area contributed by atoms with Crippen molar-refractivity contribution in [2.75, 3.05) is 37.7 Å². The molecule has 3 rings (SSSR count). The van der Waals surface area contributed by atoms with Crippen LogP contribution in [0.15, 0.2) is 24.3 Å². The fourth-order valence-corrected chi connectivity index (χ4v) is 3.18. The summed E-state index contributed by atoms with van der Waals surface area (Å²) in [5.74, 6) is 0.739. The zero-order valence-corrected chi connectivity index (χ0v) is 13.1. The van der Waals surface area contributed by atoms with E-state index in [0.717, 1.165) is 48.6 Å². The van der Waals surface area contributed by atoms with Gasteiger partial charge in [-0.3, -0.25) is 0 Å². The lowest BCUT2D eigenvalue weighted by atomic mass is 9.96. The van der Waals surface area contributed by atoms with Gasteiger partial charge in [-0.15, -0.1) is 0 Å². The molecule has 1 saturated heterocycles. The van der Waals surface area contributed by atoms with Crippen molar-refractivity contribution in [1.29, 1.82) is 5.26 Å².